The number of amides is 2. The molecule has 1 N–H and O–H groups in total. The van der Waals surface area contributed by atoms with Crippen LogP contribution in [0.4, 0.5) is 11.4 Å². The molecule has 2 amide bonds. The highest BCUT2D eigenvalue weighted by atomic mass is 32.2. The van der Waals surface area contributed by atoms with Crippen molar-refractivity contribution >= 4 is 57.6 Å². The second kappa shape index (κ2) is 11.7. The zero-order valence-corrected chi connectivity index (χ0v) is 21.4. The number of carbonyl (C=O) groups excluding carboxylic acids is 2. The fourth-order valence-corrected chi connectivity index (χ4v) is 4.71. The summed E-state index contributed by atoms with van der Waals surface area (Å²) in [7, 11) is 1.59. The van der Waals surface area contributed by atoms with Crippen LogP contribution in [0.2, 0.25) is 0 Å². The average Bonchev–Trinajstić information content (AvgIpc) is 3.16. The molecular formula is C27H24N2O5S2. The molecule has 0 unspecified atom stereocenters. The lowest BCUT2D eigenvalue weighted by molar-refractivity contribution is -0.118. The van der Waals surface area contributed by atoms with Crippen LogP contribution in [-0.4, -0.2) is 36.5 Å². The Morgan fingerprint density at radius 1 is 1.00 bits per heavy atom. The van der Waals surface area contributed by atoms with Gasteiger partial charge in [-0.15, -0.1) is 0 Å². The first-order valence-electron chi connectivity index (χ1n) is 11.1. The van der Waals surface area contributed by atoms with Gasteiger partial charge in [-0.2, -0.15) is 0 Å². The van der Waals surface area contributed by atoms with Crippen LogP contribution in [0.5, 0.6) is 17.2 Å². The summed E-state index contributed by atoms with van der Waals surface area (Å²) in [6.45, 7) is 2.33. The summed E-state index contributed by atoms with van der Waals surface area (Å²) < 4.78 is 16.7. The van der Waals surface area contributed by atoms with E-state index in [4.69, 9.17) is 26.4 Å². The summed E-state index contributed by atoms with van der Waals surface area (Å²) in [5.41, 5.74) is 2.09. The first-order valence-corrected chi connectivity index (χ1v) is 12.4. The number of carbonyl (C=O) groups is 2. The minimum atomic E-state index is -0.287. The highest BCUT2D eigenvalue weighted by Gasteiger charge is 2.33. The normalized spacial score (nSPS) is 14.2. The first-order chi connectivity index (χ1) is 17.5. The van der Waals surface area contributed by atoms with E-state index in [1.807, 2.05) is 13.0 Å². The Labute approximate surface area is 219 Å². The second-order valence-corrected chi connectivity index (χ2v) is 9.26. The molecule has 1 aliphatic heterocycles. The van der Waals surface area contributed by atoms with Crippen LogP contribution in [0.15, 0.2) is 77.7 Å². The van der Waals surface area contributed by atoms with Gasteiger partial charge >= 0.3 is 0 Å². The molecule has 0 spiro atoms. The molecule has 36 heavy (non-hydrogen) atoms. The van der Waals surface area contributed by atoms with Gasteiger partial charge in [-0.05, 0) is 79.2 Å². The van der Waals surface area contributed by atoms with Crippen LogP contribution in [0.1, 0.15) is 12.5 Å². The van der Waals surface area contributed by atoms with Gasteiger partial charge in [-0.1, -0.05) is 36.1 Å². The maximum atomic E-state index is 13.0. The number of hydrogen-bond acceptors (Lipinski definition) is 7. The summed E-state index contributed by atoms with van der Waals surface area (Å²) in [4.78, 5) is 27.3. The molecule has 1 fully saturated rings. The van der Waals surface area contributed by atoms with E-state index in [9.17, 15) is 9.59 Å². The molecule has 0 radical (unpaired) electrons. The molecule has 0 aromatic heterocycles. The number of rotatable bonds is 9. The van der Waals surface area contributed by atoms with E-state index < -0.39 is 0 Å². The zero-order valence-electron chi connectivity index (χ0n) is 19.7. The van der Waals surface area contributed by atoms with Crippen molar-refractivity contribution in [2.45, 2.75) is 6.92 Å². The molecule has 1 aliphatic rings. The number of thiocarbonyl (C=S) groups is 1. The molecule has 3 aromatic carbocycles. The van der Waals surface area contributed by atoms with Crippen molar-refractivity contribution in [3.63, 3.8) is 0 Å². The molecule has 184 valence electrons. The number of methoxy groups -OCH3 is 1. The predicted octanol–water partition coefficient (Wildman–Crippen LogP) is 5.52. The van der Waals surface area contributed by atoms with Crippen LogP contribution in [0, 0.1) is 0 Å². The van der Waals surface area contributed by atoms with Crippen molar-refractivity contribution in [3.8, 4) is 17.2 Å². The Kier molecular flexibility index (Phi) is 8.24. The lowest BCUT2D eigenvalue weighted by atomic mass is 10.2. The fourth-order valence-electron chi connectivity index (χ4n) is 3.41. The molecule has 1 saturated heterocycles. The maximum Gasteiger partial charge on any atom is 0.270 e. The molecule has 9 heteroatoms. The minimum Gasteiger partial charge on any atom is -0.497 e. The summed E-state index contributed by atoms with van der Waals surface area (Å²) in [5, 5.41) is 2.79. The van der Waals surface area contributed by atoms with E-state index in [1.54, 1.807) is 79.9 Å². The van der Waals surface area contributed by atoms with Crippen LogP contribution in [0.3, 0.4) is 0 Å². The van der Waals surface area contributed by atoms with Crippen molar-refractivity contribution in [1.82, 2.24) is 0 Å². The minimum absolute atomic E-state index is 0.156. The summed E-state index contributed by atoms with van der Waals surface area (Å²) in [5.74, 6) is 1.46. The van der Waals surface area contributed by atoms with Crippen LogP contribution in [0.25, 0.3) is 6.08 Å². The lowest BCUT2D eigenvalue weighted by Gasteiger charge is -2.14. The number of thioether (sulfide) groups is 1. The number of nitrogens with zero attached hydrogens (tertiary/aromatic N) is 1. The van der Waals surface area contributed by atoms with Gasteiger partial charge in [-0.3, -0.25) is 14.5 Å². The molecule has 4 rings (SSSR count). The monoisotopic (exact) mass is 520 g/mol. The number of nitrogens with one attached hydrogen (secondary N) is 1. The molecule has 7 nitrogen and oxygen atoms in total. The summed E-state index contributed by atoms with van der Waals surface area (Å²) in [6, 6.07) is 21.4. The third-order valence-corrected chi connectivity index (χ3v) is 6.40. The van der Waals surface area contributed by atoms with E-state index >= 15 is 0 Å². The summed E-state index contributed by atoms with van der Waals surface area (Å²) in [6.07, 6.45) is 1.76. The first kappa shape index (κ1) is 25.3. The van der Waals surface area contributed by atoms with E-state index in [0.717, 1.165) is 11.3 Å². The van der Waals surface area contributed by atoms with Gasteiger partial charge in [0.1, 0.15) is 17.2 Å². The van der Waals surface area contributed by atoms with E-state index in [0.29, 0.717) is 38.7 Å². The molecule has 0 bridgehead atoms. The van der Waals surface area contributed by atoms with E-state index in [2.05, 4.69) is 5.32 Å². The van der Waals surface area contributed by atoms with Gasteiger partial charge in [0.05, 0.1) is 24.3 Å². The Morgan fingerprint density at radius 3 is 2.42 bits per heavy atom. The summed E-state index contributed by atoms with van der Waals surface area (Å²) >= 11 is 6.68. The lowest BCUT2D eigenvalue weighted by Crippen LogP contribution is -2.27. The van der Waals surface area contributed by atoms with Gasteiger partial charge in [0.25, 0.3) is 11.8 Å². The van der Waals surface area contributed by atoms with Crippen molar-refractivity contribution < 1.29 is 23.8 Å². The Balaban J connectivity index is 1.38. The maximum absolute atomic E-state index is 13.0. The van der Waals surface area contributed by atoms with Crippen molar-refractivity contribution in [2.24, 2.45) is 0 Å². The highest BCUT2D eigenvalue weighted by molar-refractivity contribution is 8.27. The fraction of sp³-hybridized carbons (Fsp3) is 0.148. The van der Waals surface area contributed by atoms with Gasteiger partial charge < -0.3 is 19.5 Å². The van der Waals surface area contributed by atoms with Crippen molar-refractivity contribution in [3.05, 3.63) is 83.3 Å². The standard InChI is InChI=1S/C27H24N2O5S2/c1-3-33-22-11-7-19(8-12-22)28-25(30)17-34-23-6-4-5-18(15-23)16-24-26(31)29(27(35)36-24)20-9-13-21(32-2)14-10-20/h4-16H,3,17H2,1-2H3,(H,28,30)/b24-16-. The Bertz CT molecular complexity index is 1290. The second-order valence-electron chi connectivity index (χ2n) is 7.58. The van der Waals surface area contributed by atoms with Crippen LogP contribution >= 0.6 is 24.0 Å². The predicted molar refractivity (Wildman–Crippen MR) is 147 cm³/mol. The number of hydrogen-bond donors (Lipinski definition) is 1. The SMILES string of the molecule is CCOc1ccc(NC(=O)COc2cccc(/C=C3\SC(=S)N(c4ccc(OC)cc4)C3=O)c2)cc1. The smallest absolute Gasteiger partial charge is 0.270 e. The van der Waals surface area contributed by atoms with E-state index in [-0.39, 0.29) is 18.4 Å². The van der Waals surface area contributed by atoms with Crippen molar-refractivity contribution in [2.75, 3.05) is 30.5 Å². The van der Waals surface area contributed by atoms with Gasteiger partial charge in [0.2, 0.25) is 0 Å². The zero-order chi connectivity index (χ0) is 25.5. The van der Waals surface area contributed by atoms with Crippen LogP contribution in [-0.2, 0) is 9.59 Å². The molecule has 0 atom stereocenters. The third-order valence-electron chi connectivity index (χ3n) is 5.10. The number of ether oxygens (including phenoxy) is 3. The van der Waals surface area contributed by atoms with Crippen LogP contribution < -0.4 is 24.4 Å². The topological polar surface area (TPSA) is 77.1 Å². The molecule has 3 aromatic rings. The van der Waals surface area contributed by atoms with Crippen molar-refractivity contribution in [1.29, 1.82) is 0 Å². The van der Waals surface area contributed by atoms with Gasteiger partial charge in [-0.25, -0.2) is 0 Å². The number of benzene rings is 3. The highest BCUT2D eigenvalue weighted by Crippen LogP contribution is 2.36. The molecular weight excluding hydrogens is 496 g/mol. The average molecular weight is 521 g/mol. The van der Waals surface area contributed by atoms with Gasteiger partial charge in [0.15, 0.2) is 10.9 Å². The Hall–Kier alpha value is -3.82. The molecule has 1 heterocycles. The third kappa shape index (κ3) is 6.24. The number of anilines is 2. The van der Waals surface area contributed by atoms with Gasteiger partial charge in [0, 0.05) is 5.69 Å². The Morgan fingerprint density at radius 2 is 1.72 bits per heavy atom. The van der Waals surface area contributed by atoms with E-state index in [1.165, 1.54) is 16.7 Å². The molecule has 0 aliphatic carbocycles. The quantitative estimate of drug-likeness (QED) is 0.294. The largest absolute Gasteiger partial charge is 0.497 e. The molecule has 0 saturated carbocycles.